The van der Waals surface area contributed by atoms with Crippen molar-refractivity contribution in [2.75, 3.05) is 13.0 Å². The molecule has 1 aromatic heterocycles. The molecule has 1 aliphatic rings. The van der Waals surface area contributed by atoms with Gasteiger partial charge in [0, 0.05) is 17.4 Å². The Hall–Kier alpha value is -1.29. The van der Waals surface area contributed by atoms with Crippen molar-refractivity contribution in [3.63, 3.8) is 0 Å². The van der Waals surface area contributed by atoms with E-state index >= 15 is 0 Å². The summed E-state index contributed by atoms with van der Waals surface area (Å²) < 4.78 is 6.83. The Labute approximate surface area is 111 Å². The van der Waals surface area contributed by atoms with Gasteiger partial charge in [0.25, 0.3) is 0 Å². The second-order valence-corrected chi connectivity index (χ2v) is 4.84. The van der Waals surface area contributed by atoms with E-state index in [4.69, 9.17) is 16.3 Å². The molecule has 1 aromatic rings. The van der Waals surface area contributed by atoms with Gasteiger partial charge in [-0.1, -0.05) is 0 Å². The van der Waals surface area contributed by atoms with Gasteiger partial charge < -0.3 is 9.30 Å². The van der Waals surface area contributed by atoms with E-state index in [1.165, 1.54) is 7.11 Å². The lowest BCUT2D eigenvalue weighted by molar-refractivity contribution is 0.0596. The first-order chi connectivity index (χ1) is 8.52. The molecule has 1 heterocycles. The lowest BCUT2D eigenvalue weighted by atomic mass is 10.1. The second kappa shape index (κ2) is 4.76. The Morgan fingerprint density at radius 2 is 1.83 bits per heavy atom. The number of aromatic nitrogens is 1. The number of carbonyl (C=O) groups excluding carboxylic acids is 2. The van der Waals surface area contributed by atoms with Crippen LogP contribution in [0.1, 0.15) is 51.0 Å². The standard InChI is InChI=1S/C13H16ClNO3/c1-7-11(10(16)6-14)12(13(17)18-3)8(2)15(7)9-4-5-9/h9H,4-6H2,1-3H3. The van der Waals surface area contributed by atoms with Crippen LogP contribution in [-0.4, -0.2) is 29.3 Å². The molecule has 0 amide bonds. The average Bonchev–Trinajstić information content (AvgIpc) is 3.14. The monoisotopic (exact) mass is 269 g/mol. The number of nitrogens with zero attached hydrogens (tertiary/aromatic N) is 1. The second-order valence-electron chi connectivity index (χ2n) is 4.57. The van der Waals surface area contributed by atoms with E-state index in [1.807, 2.05) is 13.8 Å². The smallest absolute Gasteiger partial charge is 0.340 e. The Morgan fingerprint density at radius 3 is 2.28 bits per heavy atom. The third-order valence-electron chi connectivity index (χ3n) is 3.40. The Balaban J connectivity index is 2.64. The molecule has 5 heteroatoms. The highest BCUT2D eigenvalue weighted by atomic mass is 35.5. The van der Waals surface area contributed by atoms with Crippen LogP contribution < -0.4 is 0 Å². The van der Waals surface area contributed by atoms with Crippen LogP contribution in [0, 0.1) is 13.8 Å². The quantitative estimate of drug-likeness (QED) is 0.480. The number of methoxy groups -OCH3 is 1. The minimum absolute atomic E-state index is 0.126. The molecule has 2 rings (SSSR count). The van der Waals surface area contributed by atoms with Gasteiger partial charge in [-0.2, -0.15) is 0 Å². The predicted octanol–water partition coefficient (Wildman–Crippen LogP) is 2.65. The number of hydrogen-bond acceptors (Lipinski definition) is 3. The van der Waals surface area contributed by atoms with Gasteiger partial charge in [0.05, 0.1) is 24.1 Å². The van der Waals surface area contributed by atoms with Crippen LogP contribution in [0.4, 0.5) is 0 Å². The third kappa shape index (κ3) is 1.94. The summed E-state index contributed by atoms with van der Waals surface area (Å²) in [4.78, 5) is 23.8. The summed E-state index contributed by atoms with van der Waals surface area (Å²) in [6.07, 6.45) is 2.18. The van der Waals surface area contributed by atoms with Gasteiger partial charge in [0.2, 0.25) is 0 Å². The number of hydrogen-bond donors (Lipinski definition) is 0. The zero-order chi connectivity index (χ0) is 13.4. The van der Waals surface area contributed by atoms with E-state index in [2.05, 4.69) is 4.57 Å². The average molecular weight is 270 g/mol. The fourth-order valence-corrected chi connectivity index (χ4v) is 2.63. The molecule has 0 aromatic carbocycles. The maximum atomic E-state index is 11.9. The molecule has 98 valence electrons. The van der Waals surface area contributed by atoms with Crippen LogP contribution in [0.25, 0.3) is 0 Å². The number of ketones is 1. The summed E-state index contributed by atoms with van der Waals surface area (Å²) in [5.74, 6) is -0.820. The van der Waals surface area contributed by atoms with E-state index in [9.17, 15) is 9.59 Å². The first-order valence-corrected chi connectivity index (χ1v) is 6.45. The maximum Gasteiger partial charge on any atom is 0.340 e. The molecule has 1 fully saturated rings. The first kappa shape index (κ1) is 13.1. The lowest BCUT2D eigenvalue weighted by Gasteiger charge is -2.06. The van der Waals surface area contributed by atoms with Crippen molar-refractivity contribution in [3.8, 4) is 0 Å². The zero-order valence-corrected chi connectivity index (χ0v) is 11.5. The van der Waals surface area contributed by atoms with E-state index < -0.39 is 5.97 Å². The molecule has 0 radical (unpaired) electrons. The minimum Gasteiger partial charge on any atom is -0.465 e. The molecule has 0 N–H and O–H groups in total. The SMILES string of the molecule is COC(=O)c1c(C(=O)CCl)c(C)n(C2CC2)c1C. The number of alkyl halides is 1. The number of rotatable bonds is 4. The number of ether oxygens (including phenoxy) is 1. The molecular weight excluding hydrogens is 254 g/mol. The van der Waals surface area contributed by atoms with Crippen LogP contribution in [-0.2, 0) is 4.74 Å². The van der Waals surface area contributed by atoms with E-state index in [0.717, 1.165) is 24.2 Å². The molecular formula is C13H16ClNO3. The molecule has 1 saturated carbocycles. The molecule has 0 aliphatic heterocycles. The molecule has 0 saturated heterocycles. The van der Waals surface area contributed by atoms with Crippen molar-refractivity contribution in [1.82, 2.24) is 4.57 Å². The topological polar surface area (TPSA) is 48.3 Å². The van der Waals surface area contributed by atoms with E-state index in [1.54, 1.807) is 0 Å². The van der Waals surface area contributed by atoms with Crippen LogP contribution in [0.15, 0.2) is 0 Å². The highest BCUT2D eigenvalue weighted by Crippen LogP contribution is 2.40. The van der Waals surface area contributed by atoms with Gasteiger partial charge in [-0.25, -0.2) is 4.79 Å². The summed E-state index contributed by atoms with van der Waals surface area (Å²) in [5.41, 5.74) is 2.41. The Morgan fingerprint density at radius 1 is 1.28 bits per heavy atom. The molecule has 0 bridgehead atoms. The summed E-state index contributed by atoms with van der Waals surface area (Å²) in [6.45, 7) is 3.71. The summed E-state index contributed by atoms with van der Waals surface area (Å²) >= 11 is 5.62. The molecule has 0 atom stereocenters. The van der Waals surface area contributed by atoms with Crippen molar-refractivity contribution in [1.29, 1.82) is 0 Å². The minimum atomic E-state index is -0.469. The number of carbonyl (C=O) groups is 2. The maximum absolute atomic E-state index is 11.9. The highest BCUT2D eigenvalue weighted by Gasteiger charge is 2.33. The molecule has 0 spiro atoms. The molecule has 4 nitrogen and oxygen atoms in total. The Kier molecular flexibility index (Phi) is 3.48. The van der Waals surface area contributed by atoms with Gasteiger partial charge in [-0.05, 0) is 26.7 Å². The Bertz CT molecular complexity index is 475. The van der Waals surface area contributed by atoms with Gasteiger partial charge >= 0.3 is 5.97 Å². The predicted molar refractivity (Wildman–Crippen MR) is 68.6 cm³/mol. The summed E-state index contributed by atoms with van der Waals surface area (Å²) in [5, 5.41) is 0. The van der Waals surface area contributed by atoms with Crippen LogP contribution in [0.5, 0.6) is 0 Å². The van der Waals surface area contributed by atoms with Crippen LogP contribution in [0.3, 0.4) is 0 Å². The van der Waals surface area contributed by atoms with Crippen LogP contribution >= 0.6 is 11.6 Å². The van der Waals surface area contributed by atoms with E-state index in [0.29, 0.717) is 17.2 Å². The lowest BCUT2D eigenvalue weighted by Crippen LogP contribution is -2.11. The van der Waals surface area contributed by atoms with Gasteiger partial charge in [-0.15, -0.1) is 11.6 Å². The van der Waals surface area contributed by atoms with Crippen molar-refractivity contribution in [3.05, 3.63) is 22.5 Å². The third-order valence-corrected chi connectivity index (χ3v) is 3.64. The highest BCUT2D eigenvalue weighted by molar-refractivity contribution is 6.31. The molecule has 18 heavy (non-hydrogen) atoms. The van der Waals surface area contributed by atoms with Crippen molar-refractivity contribution in [2.24, 2.45) is 0 Å². The van der Waals surface area contributed by atoms with Gasteiger partial charge in [-0.3, -0.25) is 4.79 Å². The first-order valence-electron chi connectivity index (χ1n) is 5.91. The largest absolute Gasteiger partial charge is 0.465 e. The zero-order valence-electron chi connectivity index (χ0n) is 10.7. The summed E-state index contributed by atoms with van der Waals surface area (Å²) in [6, 6.07) is 0.408. The van der Waals surface area contributed by atoms with Crippen LogP contribution in [0.2, 0.25) is 0 Å². The van der Waals surface area contributed by atoms with Gasteiger partial charge in [0.1, 0.15) is 0 Å². The number of esters is 1. The van der Waals surface area contributed by atoms with Gasteiger partial charge in [0.15, 0.2) is 5.78 Å². The van der Waals surface area contributed by atoms with Crippen molar-refractivity contribution < 1.29 is 14.3 Å². The normalized spacial score (nSPS) is 14.7. The fraction of sp³-hybridized carbons (Fsp3) is 0.538. The number of halogens is 1. The summed E-state index contributed by atoms with van der Waals surface area (Å²) in [7, 11) is 1.32. The van der Waals surface area contributed by atoms with E-state index in [-0.39, 0.29) is 11.7 Å². The molecule has 0 unspecified atom stereocenters. The number of Topliss-reactive ketones (excluding diaryl/α,β-unsaturated/α-hetero) is 1. The fourth-order valence-electron chi connectivity index (χ4n) is 2.49. The molecule has 1 aliphatic carbocycles. The van der Waals surface area contributed by atoms with Crippen molar-refractivity contribution in [2.45, 2.75) is 32.7 Å². The van der Waals surface area contributed by atoms with Crippen molar-refractivity contribution >= 4 is 23.4 Å².